The van der Waals surface area contributed by atoms with Crippen LogP contribution in [0, 0.1) is 5.82 Å². The molecule has 1 aromatic carbocycles. The van der Waals surface area contributed by atoms with Crippen molar-refractivity contribution in [3.63, 3.8) is 0 Å². The Morgan fingerprint density at radius 1 is 1.23 bits per heavy atom. The minimum Gasteiger partial charge on any atom is -0.373 e. The molecule has 4 rings (SSSR count). The third-order valence-corrected chi connectivity index (χ3v) is 4.99. The minimum absolute atomic E-state index is 0.0486. The Balaban J connectivity index is 1.50. The number of aromatic nitrogens is 2. The summed E-state index contributed by atoms with van der Waals surface area (Å²) in [4.78, 5) is 22.1. The number of nitrogens with zero attached hydrogens (tertiary/aromatic N) is 2. The highest BCUT2D eigenvalue weighted by atomic mass is 19.1. The zero-order chi connectivity index (χ0) is 18.1. The van der Waals surface area contributed by atoms with Crippen molar-refractivity contribution < 1.29 is 13.9 Å². The number of halogens is 1. The van der Waals surface area contributed by atoms with Crippen LogP contribution in [-0.2, 0) is 4.74 Å². The van der Waals surface area contributed by atoms with Crippen molar-refractivity contribution in [3.8, 4) is 0 Å². The highest BCUT2D eigenvalue weighted by Crippen LogP contribution is 2.30. The maximum atomic E-state index is 13.1. The Bertz CT molecular complexity index is 922. The van der Waals surface area contributed by atoms with Gasteiger partial charge in [-0.1, -0.05) is 12.1 Å². The molecule has 5 nitrogen and oxygen atoms in total. The molecule has 1 N–H and O–H groups in total. The maximum Gasteiger partial charge on any atom is 0.272 e. The number of nitrogens with one attached hydrogen (secondary N) is 1. The van der Waals surface area contributed by atoms with Crippen LogP contribution in [-0.4, -0.2) is 40.5 Å². The van der Waals surface area contributed by atoms with Gasteiger partial charge in [0, 0.05) is 31.3 Å². The highest BCUT2D eigenvalue weighted by molar-refractivity contribution is 5.94. The zero-order valence-corrected chi connectivity index (χ0v) is 14.5. The number of amides is 1. The monoisotopic (exact) mass is 353 g/mol. The van der Waals surface area contributed by atoms with Gasteiger partial charge in [-0.3, -0.25) is 4.79 Å². The summed E-state index contributed by atoms with van der Waals surface area (Å²) in [5.74, 6) is -0.370. The van der Waals surface area contributed by atoms with Gasteiger partial charge in [0.15, 0.2) is 0 Å². The van der Waals surface area contributed by atoms with Crippen LogP contribution in [0.5, 0.6) is 0 Å². The summed E-state index contributed by atoms with van der Waals surface area (Å²) in [5.41, 5.74) is 2.07. The van der Waals surface area contributed by atoms with Gasteiger partial charge in [-0.25, -0.2) is 9.37 Å². The van der Waals surface area contributed by atoms with Crippen LogP contribution in [0.4, 0.5) is 4.39 Å². The maximum absolute atomic E-state index is 13.1. The van der Waals surface area contributed by atoms with E-state index in [0.717, 1.165) is 17.4 Å². The van der Waals surface area contributed by atoms with Crippen LogP contribution in [0.3, 0.4) is 0 Å². The van der Waals surface area contributed by atoms with E-state index in [4.69, 9.17) is 4.74 Å². The van der Waals surface area contributed by atoms with Crippen LogP contribution >= 0.6 is 0 Å². The van der Waals surface area contributed by atoms with E-state index in [-0.39, 0.29) is 23.9 Å². The van der Waals surface area contributed by atoms with E-state index in [9.17, 15) is 9.18 Å². The van der Waals surface area contributed by atoms with Crippen LogP contribution in [0.2, 0.25) is 0 Å². The molecule has 0 radical (unpaired) electrons. The Labute approximate surface area is 150 Å². The predicted molar refractivity (Wildman–Crippen MR) is 96.3 cm³/mol. The highest BCUT2D eigenvalue weighted by Gasteiger charge is 2.30. The third-order valence-electron chi connectivity index (χ3n) is 4.99. The first-order valence-electron chi connectivity index (χ1n) is 8.70. The average Bonchev–Trinajstić information content (AvgIpc) is 3.15. The van der Waals surface area contributed by atoms with Crippen molar-refractivity contribution in [1.29, 1.82) is 0 Å². The zero-order valence-electron chi connectivity index (χ0n) is 14.5. The summed E-state index contributed by atoms with van der Waals surface area (Å²) in [7, 11) is 1.81. The number of fused-ring (bicyclic) bond motifs is 1. The summed E-state index contributed by atoms with van der Waals surface area (Å²) < 4.78 is 19.0. The fourth-order valence-corrected chi connectivity index (χ4v) is 3.44. The number of carbonyl (C=O) groups excluding carboxylic acids is 1. The molecule has 0 spiro atoms. The summed E-state index contributed by atoms with van der Waals surface area (Å²) in [6.07, 6.45) is 3.12. The number of aromatic amines is 1. The second-order valence-corrected chi connectivity index (χ2v) is 6.62. The van der Waals surface area contributed by atoms with Crippen molar-refractivity contribution in [2.24, 2.45) is 0 Å². The van der Waals surface area contributed by atoms with Crippen molar-refractivity contribution in [1.82, 2.24) is 14.9 Å². The number of ether oxygens (including phenoxy) is 1. The molecule has 6 heteroatoms. The smallest absolute Gasteiger partial charge is 0.272 e. The van der Waals surface area contributed by atoms with E-state index in [1.54, 1.807) is 36.3 Å². The Kier molecular flexibility index (Phi) is 4.42. The summed E-state index contributed by atoms with van der Waals surface area (Å²) in [5, 5.41) is 0.978. The molecule has 26 heavy (non-hydrogen) atoms. The second-order valence-electron chi connectivity index (χ2n) is 6.62. The van der Waals surface area contributed by atoms with E-state index < -0.39 is 0 Å². The number of carbonyl (C=O) groups is 1. The van der Waals surface area contributed by atoms with E-state index in [2.05, 4.69) is 9.97 Å². The van der Waals surface area contributed by atoms with Gasteiger partial charge >= 0.3 is 0 Å². The lowest BCUT2D eigenvalue weighted by Gasteiger charge is -2.35. The van der Waals surface area contributed by atoms with E-state index in [0.29, 0.717) is 24.4 Å². The lowest BCUT2D eigenvalue weighted by Crippen LogP contribution is -2.41. The molecule has 2 aromatic heterocycles. The fraction of sp³-hybridized carbons (Fsp3) is 0.300. The largest absolute Gasteiger partial charge is 0.373 e. The lowest BCUT2D eigenvalue weighted by atomic mass is 9.96. The first kappa shape index (κ1) is 16.7. The van der Waals surface area contributed by atoms with Gasteiger partial charge in [0.05, 0.1) is 6.10 Å². The molecule has 1 fully saturated rings. The van der Waals surface area contributed by atoms with E-state index in [1.165, 1.54) is 12.1 Å². The summed E-state index contributed by atoms with van der Waals surface area (Å²) in [6, 6.07) is 12.0. The molecule has 2 unspecified atom stereocenters. The van der Waals surface area contributed by atoms with Gasteiger partial charge in [-0.2, -0.15) is 0 Å². The molecule has 3 aromatic rings. The Morgan fingerprint density at radius 2 is 2.04 bits per heavy atom. The molecule has 3 heterocycles. The topological polar surface area (TPSA) is 58.2 Å². The Hall–Kier alpha value is -2.73. The SMILES string of the molecule is CN(C(=O)c1ccc2cc[nH]c2n1)C1CCOC(c2ccc(F)cc2)C1. The molecule has 0 bridgehead atoms. The van der Waals surface area contributed by atoms with Crippen LogP contribution in [0.25, 0.3) is 11.0 Å². The summed E-state index contributed by atoms with van der Waals surface area (Å²) in [6.45, 7) is 0.563. The molecule has 0 saturated carbocycles. The molecule has 1 saturated heterocycles. The van der Waals surface area contributed by atoms with E-state index in [1.807, 2.05) is 12.1 Å². The second kappa shape index (κ2) is 6.88. The van der Waals surface area contributed by atoms with Gasteiger partial charge in [0.2, 0.25) is 0 Å². The van der Waals surface area contributed by atoms with Gasteiger partial charge in [0.1, 0.15) is 17.2 Å². The van der Waals surface area contributed by atoms with Crippen molar-refractivity contribution >= 4 is 16.9 Å². The molecule has 1 amide bonds. The molecule has 1 aliphatic rings. The van der Waals surface area contributed by atoms with Gasteiger partial charge in [0.25, 0.3) is 5.91 Å². The number of hydrogen-bond acceptors (Lipinski definition) is 3. The number of pyridine rings is 1. The number of H-pyrrole nitrogens is 1. The molecule has 2 atom stereocenters. The fourth-order valence-electron chi connectivity index (χ4n) is 3.44. The lowest BCUT2D eigenvalue weighted by molar-refractivity contribution is -0.0198. The number of hydrogen-bond donors (Lipinski definition) is 1. The van der Waals surface area contributed by atoms with Gasteiger partial charge in [-0.15, -0.1) is 0 Å². The van der Waals surface area contributed by atoms with Crippen molar-refractivity contribution in [2.45, 2.75) is 25.0 Å². The first-order chi connectivity index (χ1) is 12.6. The van der Waals surface area contributed by atoms with Crippen molar-refractivity contribution in [2.75, 3.05) is 13.7 Å². The average molecular weight is 353 g/mol. The summed E-state index contributed by atoms with van der Waals surface area (Å²) >= 11 is 0. The van der Waals surface area contributed by atoms with Crippen LogP contribution < -0.4 is 0 Å². The third kappa shape index (κ3) is 3.20. The van der Waals surface area contributed by atoms with Crippen molar-refractivity contribution in [3.05, 3.63) is 65.7 Å². The molecule has 1 aliphatic heterocycles. The number of benzene rings is 1. The Morgan fingerprint density at radius 3 is 2.85 bits per heavy atom. The van der Waals surface area contributed by atoms with Crippen LogP contribution in [0.1, 0.15) is 35.0 Å². The minimum atomic E-state index is -0.265. The molecular formula is C20H20FN3O2. The standard InChI is InChI=1S/C20H20FN3O2/c1-24(20(25)17-7-4-14-8-10-22-19(14)23-17)16-9-11-26-18(12-16)13-2-5-15(21)6-3-13/h2-8,10,16,18H,9,11-12H2,1H3,(H,22,23). The number of rotatable bonds is 3. The van der Waals surface area contributed by atoms with Gasteiger partial charge in [-0.05, 0) is 48.7 Å². The predicted octanol–water partition coefficient (Wildman–Crippen LogP) is 3.69. The molecule has 134 valence electrons. The normalized spacial score (nSPS) is 20.2. The quantitative estimate of drug-likeness (QED) is 0.781. The molecule has 0 aliphatic carbocycles. The van der Waals surface area contributed by atoms with E-state index >= 15 is 0 Å². The molecular weight excluding hydrogens is 333 g/mol. The van der Waals surface area contributed by atoms with Gasteiger partial charge < -0.3 is 14.6 Å². The first-order valence-corrected chi connectivity index (χ1v) is 8.70. The van der Waals surface area contributed by atoms with Crippen LogP contribution in [0.15, 0.2) is 48.7 Å².